The van der Waals surface area contributed by atoms with Crippen molar-refractivity contribution < 1.29 is 24.2 Å². The van der Waals surface area contributed by atoms with Gasteiger partial charge in [0, 0.05) is 13.0 Å². The molecule has 116 valence electrons. The fraction of sp³-hybridized carbons (Fsp3) is 0.400. The van der Waals surface area contributed by atoms with E-state index in [2.05, 4.69) is 0 Å². The van der Waals surface area contributed by atoms with Gasteiger partial charge in [-0.1, -0.05) is 30.3 Å². The number of esters is 1. The maximum atomic E-state index is 12.1. The molecule has 2 saturated heterocycles. The number of amides is 2. The van der Waals surface area contributed by atoms with Crippen LogP contribution in [0.5, 0.6) is 0 Å². The number of aliphatic carboxylic acids is 1. The molecule has 2 atom stereocenters. The molecule has 2 aliphatic rings. The number of benzene rings is 1. The van der Waals surface area contributed by atoms with Gasteiger partial charge in [-0.05, 0) is 5.56 Å². The SMILES string of the molecule is O=C(O)CN1C(=O)N2CC1CC2C(=O)OCc1ccccc1. The maximum Gasteiger partial charge on any atom is 0.329 e. The van der Waals surface area contributed by atoms with Gasteiger partial charge in [0.2, 0.25) is 0 Å². The second-order valence-electron chi connectivity index (χ2n) is 5.46. The lowest BCUT2D eigenvalue weighted by Gasteiger charge is -2.30. The highest BCUT2D eigenvalue weighted by Crippen LogP contribution is 2.31. The molecule has 0 radical (unpaired) electrons. The number of hydrogen-bond acceptors (Lipinski definition) is 4. The minimum atomic E-state index is -1.05. The number of rotatable bonds is 5. The molecule has 0 aromatic heterocycles. The molecule has 3 rings (SSSR count). The molecule has 1 aromatic carbocycles. The summed E-state index contributed by atoms with van der Waals surface area (Å²) < 4.78 is 5.26. The van der Waals surface area contributed by atoms with Crippen LogP contribution in [-0.4, -0.2) is 58.0 Å². The summed E-state index contributed by atoms with van der Waals surface area (Å²) in [6.45, 7) is 0.227. The third kappa shape index (κ3) is 2.61. The van der Waals surface area contributed by atoms with Crippen molar-refractivity contribution >= 4 is 18.0 Å². The number of carboxylic acid groups (broad SMARTS) is 1. The number of carbonyl (C=O) groups is 3. The first-order chi connectivity index (χ1) is 10.6. The maximum absolute atomic E-state index is 12.1. The molecule has 2 amide bonds. The van der Waals surface area contributed by atoms with Crippen LogP contribution in [0.1, 0.15) is 12.0 Å². The lowest BCUT2D eigenvalue weighted by molar-refractivity contribution is -0.150. The van der Waals surface area contributed by atoms with E-state index in [1.807, 2.05) is 30.3 Å². The first-order valence-corrected chi connectivity index (χ1v) is 7.06. The van der Waals surface area contributed by atoms with Crippen LogP contribution in [0.25, 0.3) is 0 Å². The first-order valence-electron chi connectivity index (χ1n) is 7.06. The molecule has 1 N–H and O–H groups in total. The lowest BCUT2D eigenvalue weighted by atomic mass is 10.1. The van der Waals surface area contributed by atoms with Crippen LogP contribution in [0.3, 0.4) is 0 Å². The van der Waals surface area contributed by atoms with E-state index in [-0.39, 0.29) is 19.2 Å². The number of ether oxygens (including phenoxy) is 1. The minimum absolute atomic E-state index is 0.168. The van der Waals surface area contributed by atoms with Crippen molar-refractivity contribution in [2.24, 2.45) is 0 Å². The Morgan fingerprint density at radius 2 is 2.00 bits per heavy atom. The fourth-order valence-corrected chi connectivity index (χ4v) is 2.96. The summed E-state index contributed by atoms with van der Waals surface area (Å²) in [5.74, 6) is -1.49. The van der Waals surface area contributed by atoms with E-state index in [1.54, 1.807) is 0 Å². The average Bonchev–Trinajstić information content (AvgIpc) is 3.06. The predicted octanol–water partition coefficient (Wildman–Crippen LogP) is 0.693. The van der Waals surface area contributed by atoms with Crippen LogP contribution in [-0.2, 0) is 20.9 Å². The largest absolute Gasteiger partial charge is 0.480 e. The van der Waals surface area contributed by atoms with Crippen molar-refractivity contribution in [3.05, 3.63) is 35.9 Å². The summed E-state index contributed by atoms with van der Waals surface area (Å²) in [5, 5.41) is 8.80. The van der Waals surface area contributed by atoms with Crippen molar-refractivity contribution in [3.63, 3.8) is 0 Å². The Hall–Kier alpha value is -2.57. The Labute approximate surface area is 127 Å². The van der Waals surface area contributed by atoms with E-state index >= 15 is 0 Å². The fourth-order valence-electron chi connectivity index (χ4n) is 2.96. The topological polar surface area (TPSA) is 87.2 Å². The molecule has 2 bridgehead atoms. The molecule has 7 nitrogen and oxygen atoms in total. The van der Waals surface area contributed by atoms with Gasteiger partial charge in [0.1, 0.15) is 19.2 Å². The van der Waals surface area contributed by atoms with Crippen LogP contribution in [0, 0.1) is 0 Å². The highest BCUT2D eigenvalue weighted by Gasteiger charge is 2.51. The third-order valence-electron chi connectivity index (χ3n) is 4.01. The summed E-state index contributed by atoms with van der Waals surface area (Å²) in [4.78, 5) is 37.7. The quantitative estimate of drug-likeness (QED) is 0.809. The molecule has 2 aliphatic heterocycles. The number of carboxylic acids is 1. The van der Waals surface area contributed by atoms with Crippen LogP contribution in [0.4, 0.5) is 4.79 Å². The Kier molecular flexibility index (Phi) is 3.70. The number of carbonyl (C=O) groups excluding carboxylic acids is 2. The zero-order valence-corrected chi connectivity index (χ0v) is 11.8. The van der Waals surface area contributed by atoms with E-state index in [1.165, 1.54) is 9.80 Å². The van der Waals surface area contributed by atoms with Gasteiger partial charge in [-0.3, -0.25) is 4.79 Å². The highest BCUT2D eigenvalue weighted by atomic mass is 16.5. The third-order valence-corrected chi connectivity index (χ3v) is 4.01. The van der Waals surface area contributed by atoms with Gasteiger partial charge >= 0.3 is 18.0 Å². The molecule has 2 heterocycles. The summed E-state index contributed by atoms with van der Waals surface area (Å²) in [7, 11) is 0. The van der Waals surface area contributed by atoms with Crippen LogP contribution < -0.4 is 0 Å². The van der Waals surface area contributed by atoms with Gasteiger partial charge in [-0.25, -0.2) is 9.59 Å². The second kappa shape index (κ2) is 5.67. The van der Waals surface area contributed by atoms with Gasteiger partial charge in [-0.2, -0.15) is 0 Å². The van der Waals surface area contributed by atoms with E-state index < -0.39 is 24.0 Å². The van der Waals surface area contributed by atoms with Gasteiger partial charge in [0.05, 0.1) is 6.04 Å². The van der Waals surface area contributed by atoms with Gasteiger partial charge < -0.3 is 19.6 Å². The smallest absolute Gasteiger partial charge is 0.329 e. The van der Waals surface area contributed by atoms with Crippen LogP contribution >= 0.6 is 0 Å². The lowest BCUT2D eigenvalue weighted by Crippen LogP contribution is -2.50. The Bertz CT molecular complexity index is 603. The molecule has 0 spiro atoms. The van der Waals surface area contributed by atoms with E-state index in [9.17, 15) is 14.4 Å². The Morgan fingerprint density at radius 1 is 1.27 bits per heavy atom. The summed E-state index contributed by atoms with van der Waals surface area (Å²) in [6.07, 6.45) is 0.423. The van der Waals surface area contributed by atoms with E-state index in [0.717, 1.165) is 5.56 Å². The van der Waals surface area contributed by atoms with Crippen molar-refractivity contribution in [1.29, 1.82) is 0 Å². The van der Waals surface area contributed by atoms with Crippen LogP contribution in [0.2, 0.25) is 0 Å². The number of fused-ring (bicyclic) bond motifs is 2. The molecule has 7 heteroatoms. The molecule has 2 fully saturated rings. The minimum Gasteiger partial charge on any atom is -0.480 e. The predicted molar refractivity (Wildman–Crippen MR) is 74.9 cm³/mol. The Balaban J connectivity index is 1.58. The van der Waals surface area contributed by atoms with Gasteiger partial charge in [0.15, 0.2) is 0 Å². The van der Waals surface area contributed by atoms with Gasteiger partial charge in [-0.15, -0.1) is 0 Å². The molecule has 1 aromatic rings. The molecular weight excluding hydrogens is 288 g/mol. The monoisotopic (exact) mass is 304 g/mol. The molecule has 0 saturated carbocycles. The van der Waals surface area contributed by atoms with E-state index in [0.29, 0.717) is 13.0 Å². The normalized spacial score (nSPS) is 23.0. The molecular formula is C15H16N2O5. The molecule has 2 unspecified atom stereocenters. The van der Waals surface area contributed by atoms with Crippen molar-refractivity contribution in [1.82, 2.24) is 9.80 Å². The van der Waals surface area contributed by atoms with Crippen molar-refractivity contribution in [3.8, 4) is 0 Å². The summed E-state index contributed by atoms with van der Waals surface area (Å²) in [6, 6.07) is 8.07. The summed E-state index contributed by atoms with van der Waals surface area (Å²) in [5.41, 5.74) is 0.882. The van der Waals surface area contributed by atoms with Crippen molar-refractivity contribution in [2.75, 3.05) is 13.1 Å². The van der Waals surface area contributed by atoms with Crippen LogP contribution in [0.15, 0.2) is 30.3 Å². The second-order valence-corrected chi connectivity index (χ2v) is 5.46. The average molecular weight is 304 g/mol. The standard InChI is InChI=1S/C15H16N2O5/c18-13(19)8-16-11-6-12(17(7-11)15(16)21)14(20)22-9-10-4-2-1-3-5-10/h1-5,11-12H,6-9H2,(H,18,19). The highest BCUT2D eigenvalue weighted by molar-refractivity contribution is 5.89. The number of nitrogens with zero attached hydrogens (tertiary/aromatic N) is 2. The molecule has 22 heavy (non-hydrogen) atoms. The van der Waals surface area contributed by atoms with Crippen molar-refractivity contribution in [2.45, 2.75) is 25.1 Å². The summed E-state index contributed by atoms with van der Waals surface area (Å²) >= 11 is 0. The zero-order valence-electron chi connectivity index (χ0n) is 11.8. The first kappa shape index (κ1) is 14.4. The Morgan fingerprint density at radius 3 is 2.64 bits per heavy atom. The zero-order chi connectivity index (χ0) is 15.7. The number of hydrogen-bond donors (Lipinski definition) is 1. The number of urea groups is 1. The van der Waals surface area contributed by atoms with Gasteiger partial charge in [0.25, 0.3) is 0 Å². The molecule has 0 aliphatic carbocycles. The van der Waals surface area contributed by atoms with E-state index in [4.69, 9.17) is 9.84 Å².